The summed E-state index contributed by atoms with van der Waals surface area (Å²) in [6.07, 6.45) is 4.00. The van der Waals surface area contributed by atoms with E-state index in [1.807, 2.05) is 49.7 Å². The molecule has 3 aromatic rings. The first-order chi connectivity index (χ1) is 19.6. The van der Waals surface area contributed by atoms with E-state index in [9.17, 15) is 14.7 Å². The molecule has 9 heteroatoms. The lowest BCUT2D eigenvalue weighted by Crippen LogP contribution is -2.49. The van der Waals surface area contributed by atoms with Gasteiger partial charge in [0.1, 0.15) is 5.60 Å². The summed E-state index contributed by atoms with van der Waals surface area (Å²) in [5, 5.41) is 10.5. The molecule has 224 valence electrons. The lowest BCUT2D eigenvalue weighted by atomic mass is 9.66. The van der Waals surface area contributed by atoms with Gasteiger partial charge in [-0.1, -0.05) is 46.8 Å². The molecule has 42 heavy (non-hydrogen) atoms. The van der Waals surface area contributed by atoms with Gasteiger partial charge in [-0.15, -0.1) is 0 Å². The molecule has 0 bridgehead atoms. The van der Waals surface area contributed by atoms with Crippen molar-refractivity contribution in [3.05, 3.63) is 71.3 Å². The molecule has 3 heterocycles. The lowest BCUT2D eigenvalue weighted by Gasteiger charge is -2.44. The summed E-state index contributed by atoms with van der Waals surface area (Å²) in [4.78, 5) is 35.2. The highest BCUT2D eigenvalue weighted by atomic mass is 16.6. The number of piperazine rings is 1. The van der Waals surface area contributed by atoms with Gasteiger partial charge in [0.25, 0.3) is 0 Å². The van der Waals surface area contributed by atoms with Crippen molar-refractivity contribution >= 4 is 23.6 Å². The number of rotatable bonds is 3. The van der Waals surface area contributed by atoms with Gasteiger partial charge in [-0.3, -0.25) is 4.90 Å². The lowest BCUT2D eigenvalue weighted by molar-refractivity contribution is 0.0138. The molecule has 1 fully saturated rings. The van der Waals surface area contributed by atoms with Crippen molar-refractivity contribution in [1.82, 2.24) is 19.4 Å². The Hall–Kier alpha value is -3.85. The maximum absolute atomic E-state index is 12.9. The van der Waals surface area contributed by atoms with Crippen molar-refractivity contribution in [2.75, 3.05) is 31.1 Å². The predicted octanol–water partition coefficient (Wildman–Crippen LogP) is 6.68. The van der Waals surface area contributed by atoms with E-state index in [4.69, 9.17) is 4.74 Å². The second kappa shape index (κ2) is 10.5. The van der Waals surface area contributed by atoms with Gasteiger partial charge < -0.3 is 19.3 Å². The molecule has 1 aromatic heterocycles. The molecule has 1 N–H and O–H groups in total. The Kier molecular flexibility index (Phi) is 7.38. The third-order valence-corrected chi connectivity index (χ3v) is 8.19. The number of aromatic nitrogens is 2. The van der Waals surface area contributed by atoms with Crippen LogP contribution in [0.5, 0.6) is 0 Å². The zero-order valence-corrected chi connectivity index (χ0v) is 26.1. The van der Waals surface area contributed by atoms with Crippen LogP contribution in [0, 0.1) is 0 Å². The molecule has 0 saturated carbocycles. The average molecular weight is 574 g/mol. The van der Waals surface area contributed by atoms with Crippen molar-refractivity contribution in [2.24, 2.45) is 0 Å². The number of nitrogens with zero attached hydrogens (tertiary/aromatic N) is 5. The van der Waals surface area contributed by atoms with Crippen LogP contribution in [0.2, 0.25) is 0 Å². The molecule has 0 atom stereocenters. The number of imidazole rings is 1. The summed E-state index contributed by atoms with van der Waals surface area (Å²) < 4.78 is 7.46. The Bertz CT molecular complexity index is 1490. The summed E-state index contributed by atoms with van der Waals surface area (Å²) >= 11 is 0. The van der Waals surface area contributed by atoms with E-state index in [2.05, 4.69) is 56.6 Å². The van der Waals surface area contributed by atoms with Gasteiger partial charge in [-0.05, 0) is 66.6 Å². The Morgan fingerprint density at radius 1 is 0.976 bits per heavy atom. The molecule has 1 saturated heterocycles. The van der Waals surface area contributed by atoms with E-state index in [-0.39, 0.29) is 11.5 Å². The van der Waals surface area contributed by atoms with Crippen molar-refractivity contribution in [1.29, 1.82) is 0 Å². The maximum atomic E-state index is 12.9. The predicted molar refractivity (Wildman–Crippen MR) is 164 cm³/mol. The van der Waals surface area contributed by atoms with E-state index < -0.39 is 17.1 Å². The molecule has 0 spiro atoms. The SMILES string of the molecule is CC(C)(C)OC(=O)N1CCN(Cc2ccc3c(c2C(C)(C)C)C(C)(C)c2ccc(-n4ccnc4)cc2N3C(=O)O)CC1. The molecule has 9 nitrogen and oxygen atoms in total. The fourth-order valence-corrected chi connectivity index (χ4v) is 6.37. The van der Waals surface area contributed by atoms with Crippen LogP contribution in [0.3, 0.4) is 0 Å². The topological polar surface area (TPSA) is 91.1 Å². The second-order valence-electron chi connectivity index (χ2n) is 13.9. The number of benzene rings is 2. The number of carbonyl (C=O) groups excluding carboxylic acids is 1. The van der Waals surface area contributed by atoms with Crippen LogP contribution in [-0.2, 0) is 22.1 Å². The maximum Gasteiger partial charge on any atom is 0.416 e. The number of carbonyl (C=O) groups is 2. The van der Waals surface area contributed by atoms with E-state index >= 15 is 0 Å². The summed E-state index contributed by atoms with van der Waals surface area (Å²) in [6, 6.07) is 10.1. The monoisotopic (exact) mass is 573 g/mol. The van der Waals surface area contributed by atoms with Gasteiger partial charge in [0.05, 0.1) is 17.7 Å². The number of hydrogen-bond donors (Lipinski definition) is 1. The second-order valence-corrected chi connectivity index (χ2v) is 13.9. The third kappa shape index (κ3) is 5.50. The highest BCUT2D eigenvalue weighted by Gasteiger charge is 2.43. The van der Waals surface area contributed by atoms with Crippen molar-refractivity contribution in [3.8, 4) is 5.69 Å². The first-order valence-electron chi connectivity index (χ1n) is 14.6. The minimum atomic E-state index is -1.01. The smallest absolute Gasteiger partial charge is 0.416 e. The number of anilines is 2. The minimum absolute atomic E-state index is 0.241. The largest absolute Gasteiger partial charge is 0.464 e. The molecule has 2 amide bonds. The normalized spacial score (nSPS) is 17.0. The standard InChI is InChI=1S/C33H43N5O4/c1-31(2,3)27-22(20-35-15-17-36(18-16-35)30(41)42-32(4,5)6)9-12-25-28(27)33(7,8)24-11-10-23(37-14-13-34-21-37)19-26(24)38(25)29(39)40/h9-14,19,21H,15-18,20H2,1-8H3,(H,39,40). The van der Waals surface area contributed by atoms with E-state index in [0.29, 0.717) is 24.5 Å². The fraction of sp³-hybridized carbons (Fsp3) is 0.485. The molecule has 2 aliphatic heterocycles. The van der Waals surface area contributed by atoms with Crippen LogP contribution >= 0.6 is 0 Å². The van der Waals surface area contributed by atoms with E-state index in [1.165, 1.54) is 16.0 Å². The summed E-state index contributed by atoms with van der Waals surface area (Å²) in [5.41, 5.74) is 5.39. The van der Waals surface area contributed by atoms with Crippen LogP contribution in [-0.4, -0.2) is 68.4 Å². The molecule has 0 unspecified atom stereocenters. The molecule has 5 rings (SSSR count). The third-order valence-electron chi connectivity index (χ3n) is 8.19. The summed E-state index contributed by atoms with van der Waals surface area (Å²) in [7, 11) is 0. The van der Waals surface area contributed by atoms with Crippen LogP contribution < -0.4 is 4.90 Å². The first kappa shape index (κ1) is 29.6. The molecule has 2 aliphatic rings. The van der Waals surface area contributed by atoms with Crippen LogP contribution in [0.4, 0.5) is 21.0 Å². The number of amides is 2. The zero-order chi connectivity index (χ0) is 30.6. The van der Waals surface area contributed by atoms with Crippen LogP contribution in [0.15, 0.2) is 49.1 Å². The molecular weight excluding hydrogens is 530 g/mol. The molecule has 0 radical (unpaired) electrons. The van der Waals surface area contributed by atoms with Crippen LogP contribution in [0.25, 0.3) is 5.69 Å². The first-order valence-corrected chi connectivity index (χ1v) is 14.6. The number of hydrogen-bond acceptors (Lipinski definition) is 5. The zero-order valence-electron chi connectivity index (χ0n) is 26.1. The number of ether oxygens (including phenoxy) is 1. The number of carboxylic acid groups (broad SMARTS) is 1. The molecule has 0 aliphatic carbocycles. The summed E-state index contributed by atoms with van der Waals surface area (Å²) in [5.74, 6) is 0. The number of fused-ring (bicyclic) bond motifs is 2. The van der Waals surface area contributed by atoms with Gasteiger partial charge >= 0.3 is 12.2 Å². The van der Waals surface area contributed by atoms with Gasteiger partial charge in [-0.2, -0.15) is 0 Å². The van der Waals surface area contributed by atoms with E-state index in [0.717, 1.165) is 36.4 Å². The van der Waals surface area contributed by atoms with Gasteiger partial charge in [-0.25, -0.2) is 19.5 Å². The Labute approximate surface area is 248 Å². The molecular formula is C33H43N5O4. The summed E-state index contributed by atoms with van der Waals surface area (Å²) in [6.45, 7) is 20.1. The highest BCUT2D eigenvalue weighted by Crippen LogP contribution is 2.53. The minimum Gasteiger partial charge on any atom is -0.464 e. The average Bonchev–Trinajstić information content (AvgIpc) is 3.42. The quantitative estimate of drug-likeness (QED) is 0.376. The van der Waals surface area contributed by atoms with Crippen molar-refractivity contribution < 1.29 is 19.4 Å². The molecule has 2 aromatic carbocycles. The van der Waals surface area contributed by atoms with Gasteiger partial charge in [0.15, 0.2) is 0 Å². The van der Waals surface area contributed by atoms with Gasteiger partial charge in [0, 0.05) is 56.2 Å². The van der Waals surface area contributed by atoms with Crippen molar-refractivity contribution in [2.45, 2.75) is 78.4 Å². The Morgan fingerprint density at radius 3 is 2.24 bits per heavy atom. The Balaban J connectivity index is 1.52. The Morgan fingerprint density at radius 2 is 1.67 bits per heavy atom. The highest BCUT2D eigenvalue weighted by molar-refractivity contribution is 6.00. The van der Waals surface area contributed by atoms with E-state index in [1.54, 1.807) is 17.4 Å². The van der Waals surface area contributed by atoms with Crippen LogP contribution in [0.1, 0.15) is 77.6 Å². The fourth-order valence-electron chi connectivity index (χ4n) is 6.37. The van der Waals surface area contributed by atoms with Gasteiger partial charge in [0.2, 0.25) is 0 Å². The van der Waals surface area contributed by atoms with Crippen molar-refractivity contribution in [3.63, 3.8) is 0 Å².